The molecule has 0 fully saturated rings. The fourth-order valence-corrected chi connectivity index (χ4v) is 2.04. The average Bonchev–Trinajstić information content (AvgIpc) is 2.72. The van der Waals surface area contributed by atoms with E-state index in [-0.39, 0.29) is 18.0 Å². The first-order valence-electron chi connectivity index (χ1n) is 5.87. The van der Waals surface area contributed by atoms with E-state index in [0.29, 0.717) is 5.89 Å². The molecule has 2 aromatic rings. The number of halogens is 1. The molecule has 0 aliphatic rings. The van der Waals surface area contributed by atoms with Gasteiger partial charge in [0.1, 0.15) is 5.75 Å². The fourth-order valence-electron chi connectivity index (χ4n) is 1.68. The highest BCUT2D eigenvalue weighted by Gasteiger charge is 2.19. The van der Waals surface area contributed by atoms with E-state index in [9.17, 15) is 0 Å². The van der Waals surface area contributed by atoms with Gasteiger partial charge in [-0.3, -0.25) is 0 Å². The summed E-state index contributed by atoms with van der Waals surface area (Å²) in [4.78, 5) is 0. The van der Waals surface area contributed by atoms with Crippen LogP contribution in [-0.2, 0) is 12.0 Å². The van der Waals surface area contributed by atoms with Gasteiger partial charge in [-0.15, -0.1) is 5.10 Å². The molecule has 0 saturated heterocycles. The van der Waals surface area contributed by atoms with Crippen molar-refractivity contribution in [2.24, 2.45) is 0 Å². The van der Waals surface area contributed by atoms with Crippen molar-refractivity contribution in [1.29, 1.82) is 0 Å². The van der Waals surface area contributed by atoms with Crippen LogP contribution in [-0.4, -0.2) is 10.2 Å². The Balaban J connectivity index is 2.20. The summed E-state index contributed by atoms with van der Waals surface area (Å²) < 4.78 is 11.8. The first kappa shape index (κ1) is 13.9. The van der Waals surface area contributed by atoms with Crippen LogP contribution in [0.4, 0.5) is 6.01 Å². The summed E-state index contributed by atoms with van der Waals surface area (Å²) in [6.45, 7) is 6.60. The van der Waals surface area contributed by atoms with Gasteiger partial charge in [0.25, 0.3) is 5.89 Å². The number of aromatic nitrogens is 2. The van der Waals surface area contributed by atoms with Gasteiger partial charge >= 0.3 is 6.01 Å². The summed E-state index contributed by atoms with van der Waals surface area (Å²) in [6.07, 6.45) is 0. The third-order valence-corrected chi connectivity index (χ3v) is 3.08. The van der Waals surface area contributed by atoms with Crippen LogP contribution >= 0.6 is 15.9 Å². The largest absolute Gasteiger partial charge is 0.483 e. The molecule has 6 heteroatoms. The number of nitrogen functional groups attached to an aromatic ring is 1. The molecule has 1 aromatic carbocycles. The Labute approximate surface area is 120 Å². The van der Waals surface area contributed by atoms with Crippen LogP contribution in [0.2, 0.25) is 0 Å². The van der Waals surface area contributed by atoms with Crippen molar-refractivity contribution >= 4 is 21.9 Å². The van der Waals surface area contributed by atoms with E-state index in [1.54, 1.807) is 0 Å². The van der Waals surface area contributed by atoms with E-state index >= 15 is 0 Å². The van der Waals surface area contributed by atoms with Gasteiger partial charge in [-0.25, -0.2) is 0 Å². The zero-order valence-electron chi connectivity index (χ0n) is 11.1. The zero-order valence-corrected chi connectivity index (χ0v) is 12.7. The lowest BCUT2D eigenvalue weighted by Crippen LogP contribution is -2.13. The molecular formula is C13H16BrN3O2. The molecule has 0 amide bonds. The molecule has 2 rings (SSSR count). The molecule has 1 aromatic heterocycles. The summed E-state index contributed by atoms with van der Waals surface area (Å²) >= 11 is 3.48. The molecule has 0 unspecified atom stereocenters. The van der Waals surface area contributed by atoms with E-state index < -0.39 is 0 Å². The number of benzene rings is 1. The number of hydrogen-bond acceptors (Lipinski definition) is 5. The Morgan fingerprint density at radius 1 is 1.32 bits per heavy atom. The Morgan fingerprint density at radius 3 is 2.63 bits per heavy atom. The molecular weight excluding hydrogens is 310 g/mol. The molecule has 2 N–H and O–H groups in total. The van der Waals surface area contributed by atoms with Crippen LogP contribution in [0.5, 0.6) is 5.75 Å². The highest BCUT2D eigenvalue weighted by Crippen LogP contribution is 2.34. The minimum Gasteiger partial charge on any atom is -0.483 e. The van der Waals surface area contributed by atoms with Gasteiger partial charge in [0, 0.05) is 10.0 Å². The summed E-state index contributed by atoms with van der Waals surface area (Å²) in [5.74, 6) is 1.16. The molecule has 0 radical (unpaired) electrons. The average molecular weight is 326 g/mol. The highest BCUT2D eigenvalue weighted by molar-refractivity contribution is 9.10. The van der Waals surface area contributed by atoms with Crippen LogP contribution in [0.3, 0.4) is 0 Å². The van der Waals surface area contributed by atoms with Crippen LogP contribution in [0.15, 0.2) is 27.1 Å². The Bertz CT molecular complexity index is 576. The topological polar surface area (TPSA) is 74.2 Å². The molecule has 0 atom stereocenters. The SMILES string of the molecule is CC(C)(C)c1cc(Br)ccc1OCc1nnc(N)o1. The van der Waals surface area contributed by atoms with Crippen molar-refractivity contribution in [1.82, 2.24) is 10.2 Å². The van der Waals surface area contributed by atoms with E-state index in [0.717, 1.165) is 15.8 Å². The first-order chi connectivity index (χ1) is 8.86. The quantitative estimate of drug-likeness (QED) is 0.937. The van der Waals surface area contributed by atoms with Gasteiger partial charge in [-0.05, 0) is 23.6 Å². The van der Waals surface area contributed by atoms with Gasteiger partial charge in [0.15, 0.2) is 6.61 Å². The van der Waals surface area contributed by atoms with Crippen molar-refractivity contribution in [3.05, 3.63) is 34.1 Å². The fraction of sp³-hybridized carbons (Fsp3) is 0.385. The van der Waals surface area contributed by atoms with E-state index in [2.05, 4.69) is 53.0 Å². The van der Waals surface area contributed by atoms with E-state index in [1.165, 1.54) is 0 Å². The molecule has 0 spiro atoms. The normalized spacial score (nSPS) is 11.6. The smallest absolute Gasteiger partial charge is 0.312 e. The van der Waals surface area contributed by atoms with E-state index in [4.69, 9.17) is 14.9 Å². The van der Waals surface area contributed by atoms with Crippen LogP contribution < -0.4 is 10.5 Å². The first-order valence-corrected chi connectivity index (χ1v) is 6.66. The molecule has 0 aliphatic heterocycles. The van der Waals surface area contributed by atoms with Crippen LogP contribution in [0, 0.1) is 0 Å². The number of nitrogens with two attached hydrogens (primary N) is 1. The van der Waals surface area contributed by atoms with E-state index in [1.807, 2.05) is 12.1 Å². The molecule has 5 nitrogen and oxygen atoms in total. The monoisotopic (exact) mass is 325 g/mol. The van der Waals surface area contributed by atoms with Crippen molar-refractivity contribution in [3.8, 4) is 5.75 Å². The lowest BCUT2D eigenvalue weighted by atomic mass is 9.86. The summed E-state index contributed by atoms with van der Waals surface area (Å²) in [5.41, 5.74) is 6.45. The van der Waals surface area contributed by atoms with Crippen molar-refractivity contribution in [2.75, 3.05) is 5.73 Å². The highest BCUT2D eigenvalue weighted by atomic mass is 79.9. The number of anilines is 1. The van der Waals surface area contributed by atoms with Gasteiger partial charge < -0.3 is 14.9 Å². The van der Waals surface area contributed by atoms with Gasteiger partial charge in [-0.1, -0.05) is 41.8 Å². The second-order valence-corrected chi connectivity index (χ2v) is 6.13. The standard InChI is InChI=1S/C13H16BrN3O2/c1-13(2,3)9-6-8(14)4-5-10(9)18-7-11-16-17-12(15)19-11/h4-6H,7H2,1-3H3,(H2,15,17). The molecule has 19 heavy (non-hydrogen) atoms. The number of rotatable bonds is 3. The Kier molecular flexibility index (Phi) is 3.80. The second kappa shape index (κ2) is 5.21. The van der Waals surface area contributed by atoms with Crippen molar-refractivity contribution < 1.29 is 9.15 Å². The predicted molar refractivity (Wildman–Crippen MR) is 75.9 cm³/mol. The minimum atomic E-state index is -0.0208. The Morgan fingerprint density at radius 2 is 2.05 bits per heavy atom. The summed E-state index contributed by atoms with van der Waals surface area (Å²) in [7, 11) is 0. The Hall–Kier alpha value is -1.56. The predicted octanol–water partition coefficient (Wildman–Crippen LogP) is 3.29. The van der Waals surface area contributed by atoms with Crippen LogP contribution in [0.25, 0.3) is 0 Å². The lowest BCUT2D eigenvalue weighted by Gasteiger charge is -2.22. The van der Waals surface area contributed by atoms with Crippen molar-refractivity contribution in [2.45, 2.75) is 32.8 Å². The molecule has 102 valence electrons. The van der Waals surface area contributed by atoms with Gasteiger partial charge in [0.2, 0.25) is 0 Å². The molecule has 0 aliphatic carbocycles. The maximum absolute atomic E-state index is 5.75. The van der Waals surface area contributed by atoms with Crippen molar-refractivity contribution in [3.63, 3.8) is 0 Å². The number of ether oxygens (including phenoxy) is 1. The number of nitrogens with zero attached hydrogens (tertiary/aromatic N) is 2. The third-order valence-electron chi connectivity index (χ3n) is 2.58. The van der Waals surface area contributed by atoms with Gasteiger partial charge in [-0.2, -0.15) is 0 Å². The lowest BCUT2D eigenvalue weighted by molar-refractivity contribution is 0.259. The zero-order chi connectivity index (χ0) is 14.0. The molecule has 1 heterocycles. The maximum atomic E-state index is 5.75. The molecule has 0 saturated carbocycles. The van der Waals surface area contributed by atoms with Gasteiger partial charge in [0.05, 0.1) is 0 Å². The summed E-state index contributed by atoms with van der Waals surface area (Å²) in [6, 6.07) is 5.96. The third kappa shape index (κ3) is 3.47. The van der Waals surface area contributed by atoms with Crippen LogP contribution in [0.1, 0.15) is 32.2 Å². The molecule has 0 bridgehead atoms. The minimum absolute atomic E-state index is 0.0208. The maximum Gasteiger partial charge on any atom is 0.312 e. The second-order valence-electron chi connectivity index (χ2n) is 5.21. The number of hydrogen-bond donors (Lipinski definition) is 1. The summed E-state index contributed by atoms with van der Waals surface area (Å²) in [5, 5.41) is 7.35.